The van der Waals surface area contributed by atoms with Crippen LogP contribution in [0.3, 0.4) is 0 Å². The van der Waals surface area contributed by atoms with Crippen LogP contribution in [-0.4, -0.2) is 14.9 Å². The Kier molecular flexibility index (Phi) is 2.73. The summed E-state index contributed by atoms with van der Waals surface area (Å²) in [5.41, 5.74) is 1.55. The summed E-state index contributed by atoms with van der Waals surface area (Å²) < 4.78 is 0. The molecule has 0 bridgehead atoms. The van der Waals surface area contributed by atoms with Crippen LogP contribution in [0.25, 0.3) is 0 Å². The molecule has 6 heteroatoms. The van der Waals surface area contributed by atoms with Gasteiger partial charge in [0.2, 0.25) is 0 Å². The Morgan fingerprint density at radius 2 is 1.69 bits per heavy atom. The molecular weight excluding hydrogens is 208 g/mol. The van der Waals surface area contributed by atoms with E-state index in [1.807, 2.05) is 0 Å². The monoisotopic (exact) mass is 216 g/mol. The van der Waals surface area contributed by atoms with Gasteiger partial charge in [0.25, 0.3) is 5.69 Å². The van der Waals surface area contributed by atoms with Gasteiger partial charge in [0.15, 0.2) is 0 Å². The average molecular weight is 216 g/mol. The maximum absolute atomic E-state index is 10.4. The van der Waals surface area contributed by atoms with Crippen LogP contribution in [0.1, 0.15) is 0 Å². The van der Waals surface area contributed by atoms with Crippen LogP contribution in [0.4, 0.5) is 17.1 Å². The predicted octanol–water partition coefficient (Wildman–Crippen LogP) is 2.13. The van der Waals surface area contributed by atoms with E-state index in [1.165, 1.54) is 18.5 Å². The number of benzene rings is 1. The highest BCUT2D eigenvalue weighted by Crippen LogP contribution is 2.18. The molecule has 0 amide bonds. The molecule has 0 saturated heterocycles. The van der Waals surface area contributed by atoms with Gasteiger partial charge in [-0.25, -0.2) is 9.97 Å². The van der Waals surface area contributed by atoms with Crippen LogP contribution in [-0.2, 0) is 0 Å². The van der Waals surface area contributed by atoms with Crippen molar-refractivity contribution in [2.24, 2.45) is 0 Å². The van der Waals surface area contributed by atoms with Crippen LogP contribution in [0.5, 0.6) is 0 Å². The normalized spacial score (nSPS) is 9.75. The molecule has 6 nitrogen and oxygen atoms in total. The lowest BCUT2D eigenvalue weighted by atomic mass is 10.3. The smallest absolute Gasteiger partial charge is 0.269 e. The molecular formula is C10H8N4O2. The first kappa shape index (κ1) is 10.0. The van der Waals surface area contributed by atoms with Gasteiger partial charge in [-0.1, -0.05) is 0 Å². The third-order valence-electron chi connectivity index (χ3n) is 1.93. The van der Waals surface area contributed by atoms with Gasteiger partial charge in [0.1, 0.15) is 6.33 Å². The minimum Gasteiger partial charge on any atom is -0.353 e. The quantitative estimate of drug-likeness (QED) is 0.627. The fraction of sp³-hybridized carbons (Fsp3) is 0. The van der Waals surface area contributed by atoms with Crippen molar-refractivity contribution >= 4 is 17.1 Å². The standard InChI is InChI=1S/C10H8N4O2/c15-14(16)10-3-1-8(2-4-10)13-9-5-11-7-12-6-9/h1-7,13H. The van der Waals surface area contributed by atoms with E-state index < -0.39 is 4.92 Å². The molecule has 1 heterocycles. The minimum atomic E-state index is -0.435. The van der Waals surface area contributed by atoms with E-state index in [0.29, 0.717) is 0 Å². The molecule has 2 aromatic rings. The molecule has 0 aliphatic rings. The van der Waals surface area contributed by atoms with Gasteiger partial charge in [0.05, 0.1) is 23.0 Å². The van der Waals surface area contributed by atoms with Crippen LogP contribution in [0.15, 0.2) is 43.0 Å². The molecule has 0 radical (unpaired) electrons. The molecule has 2 rings (SSSR count). The SMILES string of the molecule is O=[N+]([O-])c1ccc(Nc2cncnc2)cc1. The number of anilines is 2. The number of nitrogens with zero attached hydrogens (tertiary/aromatic N) is 3. The molecule has 0 unspecified atom stereocenters. The minimum absolute atomic E-state index is 0.0647. The third kappa shape index (κ3) is 2.30. The Labute approximate surface area is 91.1 Å². The molecule has 0 saturated carbocycles. The number of nitrogens with one attached hydrogen (secondary N) is 1. The molecule has 16 heavy (non-hydrogen) atoms. The van der Waals surface area contributed by atoms with E-state index in [1.54, 1.807) is 24.5 Å². The number of aromatic nitrogens is 2. The Bertz CT molecular complexity index is 484. The van der Waals surface area contributed by atoms with Crippen molar-refractivity contribution < 1.29 is 4.92 Å². The number of nitro groups is 1. The van der Waals surface area contributed by atoms with Gasteiger partial charge in [-0.3, -0.25) is 10.1 Å². The molecule has 1 N–H and O–H groups in total. The Morgan fingerprint density at radius 3 is 2.25 bits per heavy atom. The number of non-ortho nitro benzene ring substituents is 1. The summed E-state index contributed by atoms with van der Waals surface area (Å²) in [6, 6.07) is 6.13. The second kappa shape index (κ2) is 4.35. The van der Waals surface area contributed by atoms with Crippen molar-refractivity contribution in [2.75, 3.05) is 5.32 Å². The Hall–Kier alpha value is -2.50. The second-order valence-electron chi connectivity index (χ2n) is 3.06. The van der Waals surface area contributed by atoms with Crippen LogP contribution in [0.2, 0.25) is 0 Å². The summed E-state index contributed by atoms with van der Waals surface area (Å²) in [5.74, 6) is 0. The van der Waals surface area contributed by atoms with Gasteiger partial charge >= 0.3 is 0 Å². The summed E-state index contributed by atoms with van der Waals surface area (Å²) in [7, 11) is 0. The van der Waals surface area contributed by atoms with Crippen molar-refractivity contribution in [3.05, 3.63) is 53.1 Å². The van der Waals surface area contributed by atoms with Crippen molar-refractivity contribution in [2.45, 2.75) is 0 Å². The summed E-state index contributed by atoms with van der Waals surface area (Å²) in [4.78, 5) is 17.7. The van der Waals surface area contributed by atoms with Crippen LogP contribution < -0.4 is 5.32 Å². The Morgan fingerprint density at radius 1 is 1.06 bits per heavy atom. The number of hydrogen-bond acceptors (Lipinski definition) is 5. The van der Waals surface area contributed by atoms with E-state index in [9.17, 15) is 10.1 Å². The Balaban J connectivity index is 2.14. The highest BCUT2D eigenvalue weighted by molar-refractivity contribution is 5.59. The first-order chi connectivity index (χ1) is 7.75. The maximum Gasteiger partial charge on any atom is 0.269 e. The number of rotatable bonds is 3. The number of hydrogen-bond donors (Lipinski definition) is 1. The topological polar surface area (TPSA) is 81.0 Å². The number of nitro benzene ring substituents is 1. The largest absolute Gasteiger partial charge is 0.353 e. The molecule has 80 valence electrons. The van der Waals surface area contributed by atoms with E-state index in [4.69, 9.17) is 0 Å². The zero-order valence-electron chi connectivity index (χ0n) is 8.20. The highest BCUT2D eigenvalue weighted by atomic mass is 16.6. The van der Waals surface area contributed by atoms with Crippen molar-refractivity contribution in [1.29, 1.82) is 0 Å². The average Bonchev–Trinajstić information content (AvgIpc) is 2.31. The third-order valence-corrected chi connectivity index (χ3v) is 1.93. The van der Waals surface area contributed by atoms with Gasteiger partial charge in [-0.15, -0.1) is 0 Å². The van der Waals surface area contributed by atoms with Crippen molar-refractivity contribution in [3.8, 4) is 0 Å². The van der Waals surface area contributed by atoms with Crippen molar-refractivity contribution in [1.82, 2.24) is 9.97 Å². The van der Waals surface area contributed by atoms with Gasteiger partial charge in [-0.2, -0.15) is 0 Å². The summed E-state index contributed by atoms with van der Waals surface area (Å²) in [5, 5.41) is 13.5. The highest BCUT2D eigenvalue weighted by Gasteiger charge is 2.03. The van der Waals surface area contributed by atoms with E-state index in [-0.39, 0.29) is 5.69 Å². The summed E-state index contributed by atoms with van der Waals surface area (Å²) >= 11 is 0. The van der Waals surface area contributed by atoms with Gasteiger partial charge < -0.3 is 5.32 Å². The van der Waals surface area contributed by atoms with Gasteiger partial charge in [0, 0.05) is 17.8 Å². The van der Waals surface area contributed by atoms with E-state index in [0.717, 1.165) is 11.4 Å². The zero-order chi connectivity index (χ0) is 11.4. The van der Waals surface area contributed by atoms with Gasteiger partial charge in [-0.05, 0) is 12.1 Å². The molecule has 1 aromatic carbocycles. The second-order valence-corrected chi connectivity index (χ2v) is 3.06. The molecule has 1 aromatic heterocycles. The maximum atomic E-state index is 10.4. The first-order valence-electron chi connectivity index (χ1n) is 4.52. The fourth-order valence-corrected chi connectivity index (χ4v) is 1.20. The molecule has 0 spiro atoms. The lowest BCUT2D eigenvalue weighted by Crippen LogP contribution is -1.92. The van der Waals surface area contributed by atoms with Crippen LogP contribution in [0, 0.1) is 10.1 Å². The van der Waals surface area contributed by atoms with Crippen LogP contribution >= 0.6 is 0 Å². The lowest BCUT2D eigenvalue weighted by Gasteiger charge is -2.03. The first-order valence-corrected chi connectivity index (χ1v) is 4.52. The fourth-order valence-electron chi connectivity index (χ4n) is 1.20. The molecule has 0 aliphatic heterocycles. The molecule has 0 atom stereocenters. The molecule has 0 aliphatic carbocycles. The lowest BCUT2D eigenvalue weighted by molar-refractivity contribution is -0.384. The van der Waals surface area contributed by atoms with E-state index in [2.05, 4.69) is 15.3 Å². The summed E-state index contributed by atoms with van der Waals surface area (Å²) in [6.45, 7) is 0. The van der Waals surface area contributed by atoms with E-state index >= 15 is 0 Å². The molecule has 0 fully saturated rings. The summed E-state index contributed by atoms with van der Waals surface area (Å²) in [6.07, 6.45) is 4.67. The van der Waals surface area contributed by atoms with Crippen molar-refractivity contribution in [3.63, 3.8) is 0 Å². The zero-order valence-corrected chi connectivity index (χ0v) is 8.20. The predicted molar refractivity (Wildman–Crippen MR) is 58.4 cm³/mol.